The molecule has 0 aliphatic carbocycles. The summed E-state index contributed by atoms with van der Waals surface area (Å²) in [6.07, 6.45) is 4.39. The molecule has 90 valence electrons. The first-order valence-electron chi connectivity index (χ1n) is 5.38. The van der Waals surface area contributed by atoms with Crippen LogP contribution in [0.4, 0.5) is 5.69 Å². The van der Waals surface area contributed by atoms with Gasteiger partial charge >= 0.3 is 0 Å². The van der Waals surface area contributed by atoms with Gasteiger partial charge in [-0.2, -0.15) is 0 Å². The first kappa shape index (κ1) is 11.8. The standard InChI is InChI=1S/C10H14N6S/c1-2-5-16-10(13-14-15-16)7-17-9-3-4-12-6-8(9)11/h3-4,6H,2,5,7,11H2,1H3. The molecule has 0 radical (unpaired) electrons. The molecule has 2 heterocycles. The van der Waals surface area contributed by atoms with E-state index in [1.807, 2.05) is 10.7 Å². The lowest BCUT2D eigenvalue weighted by molar-refractivity contribution is 0.564. The Morgan fingerprint density at radius 3 is 3.12 bits per heavy atom. The Bertz CT molecular complexity index is 483. The van der Waals surface area contributed by atoms with Crippen LogP contribution in [0.1, 0.15) is 19.2 Å². The van der Waals surface area contributed by atoms with Crippen molar-refractivity contribution in [1.82, 2.24) is 25.2 Å². The van der Waals surface area contributed by atoms with Crippen LogP contribution in [0.5, 0.6) is 0 Å². The maximum Gasteiger partial charge on any atom is 0.161 e. The molecule has 2 rings (SSSR count). The Balaban J connectivity index is 2.02. The predicted molar refractivity (Wildman–Crippen MR) is 66.3 cm³/mol. The molecule has 0 bridgehead atoms. The smallest absolute Gasteiger partial charge is 0.161 e. The summed E-state index contributed by atoms with van der Waals surface area (Å²) >= 11 is 1.62. The van der Waals surface area contributed by atoms with Crippen LogP contribution in [0, 0.1) is 0 Å². The summed E-state index contributed by atoms with van der Waals surface area (Å²) in [5.41, 5.74) is 6.50. The summed E-state index contributed by atoms with van der Waals surface area (Å²) in [7, 11) is 0. The second-order valence-corrected chi connectivity index (χ2v) is 4.54. The number of hydrogen-bond acceptors (Lipinski definition) is 6. The summed E-state index contributed by atoms with van der Waals surface area (Å²) in [4.78, 5) is 4.96. The summed E-state index contributed by atoms with van der Waals surface area (Å²) in [6, 6.07) is 1.90. The van der Waals surface area contributed by atoms with Gasteiger partial charge in [-0.25, -0.2) is 4.68 Å². The van der Waals surface area contributed by atoms with Crippen molar-refractivity contribution in [2.45, 2.75) is 30.5 Å². The van der Waals surface area contributed by atoms with Gasteiger partial charge in [-0.15, -0.1) is 16.9 Å². The number of tetrazole rings is 1. The van der Waals surface area contributed by atoms with Crippen molar-refractivity contribution >= 4 is 17.4 Å². The van der Waals surface area contributed by atoms with E-state index in [1.54, 1.807) is 24.2 Å². The van der Waals surface area contributed by atoms with E-state index in [-0.39, 0.29) is 0 Å². The highest BCUT2D eigenvalue weighted by molar-refractivity contribution is 7.98. The molecule has 17 heavy (non-hydrogen) atoms. The third kappa shape index (κ3) is 2.94. The first-order valence-corrected chi connectivity index (χ1v) is 6.37. The fourth-order valence-corrected chi connectivity index (χ4v) is 2.25. The molecular weight excluding hydrogens is 236 g/mol. The zero-order valence-electron chi connectivity index (χ0n) is 9.58. The molecule has 0 aromatic carbocycles. The van der Waals surface area contributed by atoms with Gasteiger partial charge in [0.2, 0.25) is 0 Å². The number of thioether (sulfide) groups is 1. The van der Waals surface area contributed by atoms with Gasteiger partial charge in [-0.3, -0.25) is 4.98 Å². The molecule has 2 aromatic rings. The second-order valence-electron chi connectivity index (χ2n) is 3.52. The van der Waals surface area contributed by atoms with Gasteiger partial charge in [-0.1, -0.05) is 6.92 Å². The number of nitrogens with two attached hydrogens (primary N) is 1. The van der Waals surface area contributed by atoms with Crippen molar-refractivity contribution in [2.24, 2.45) is 0 Å². The van der Waals surface area contributed by atoms with Crippen molar-refractivity contribution in [2.75, 3.05) is 5.73 Å². The molecule has 2 N–H and O–H groups in total. The second kappa shape index (κ2) is 5.62. The third-order valence-electron chi connectivity index (χ3n) is 2.21. The summed E-state index contributed by atoms with van der Waals surface area (Å²) in [5.74, 6) is 1.58. The lowest BCUT2D eigenvalue weighted by atomic mass is 10.4. The van der Waals surface area contributed by atoms with E-state index in [2.05, 4.69) is 27.4 Å². The van der Waals surface area contributed by atoms with Crippen molar-refractivity contribution in [3.8, 4) is 0 Å². The number of pyridine rings is 1. The molecule has 7 heteroatoms. The molecule has 0 spiro atoms. The first-order chi connectivity index (χ1) is 8.31. The highest BCUT2D eigenvalue weighted by atomic mass is 32.2. The van der Waals surface area contributed by atoms with Crippen molar-refractivity contribution in [1.29, 1.82) is 0 Å². The Hall–Kier alpha value is -1.63. The number of hydrogen-bond donors (Lipinski definition) is 1. The number of rotatable bonds is 5. The molecule has 0 unspecified atom stereocenters. The molecular formula is C10H14N6S. The SMILES string of the molecule is CCCn1nnnc1CSc1ccncc1N. The third-order valence-corrected chi connectivity index (χ3v) is 3.29. The van der Waals surface area contributed by atoms with E-state index in [1.165, 1.54) is 0 Å². The molecule has 2 aromatic heterocycles. The Morgan fingerprint density at radius 2 is 2.35 bits per heavy atom. The van der Waals surface area contributed by atoms with E-state index in [9.17, 15) is 0 Å². The maximum absolute atomic E-state index is 5.81. The summed E-state index contributed by atoms with van der Waals surface area (Å²) in [5, 5.41) is 11.6. The molecule has 0 aliphatic heterocycles. The molecule has 0 aliphatic rings. The largest absolute Gasteiger partial charge is 0.397 e. The number of aryl methyl sites for hydroxylation is 1. The van der Waals surface area contributed by atoms with Crippen LogP contribution in [0.15, 0.2) is 23.4 Å². The van der Waals surface area contributed by atoms with E-state index in [0.29, 0.717) is 11.4 Å². The van der Waals surface area contributed by atoms with E-state index in [4.69, 9.17) is 5.73 Å². The van der Waals surface area contributed by atoms with Crippen LogP contribution >= 0.6 is 11.8 Å². The molecule has 6 nitrogen and oxygen atoms in total. The Kier molecular flexibility index (Phi) is 3.92. The van der Waals surface area contributed by atoms with E-state index in [0.717, 1.165) is 23.7 Å². The van der Waals surface area contributed by atoms with Gasteiger partial charge in [0, 0.05) is 17.6 Å². The zero-order valence-corrected chi connectivity index (χ0v) is 10.4. The van der Waals surface area contributed by atoms with Gasteiger partial charge in [-0.05, 0) is 22.9 Å². The lowest BCUT2D eigenvalue weighted by Gasteiger charge is -2.04. The monoisotopic (exact) mass is 250 g/mol. The molecule has 0 amide bonds. The molecule has 0 fully saturated rings. The minimum atomic E-state index is 0.687. The van der Waals surface area contributed by atoms with E-state index >= 15 is 0 Å². The topological polar surface area (TPSA) is 82.5 Å². The number of nitrogen functional groups attached to an aromatic ring is 1. The Labute approximate surface area is 104 Å². The maximum atomic E-state index is 5.81. The van der Waals surface area contributed by atoms with Gasteiger partial charge in [0.1, 0.15) is 0 Å². The normalized spacial score (nSPS) is 10.6. The van der Waals surface area contributed by atoms with Gasteiger partial charge in [0.15, 0.2) is 5.82 Å². The van der Waals surface area contributed by atoms with Crippen LogP contribution in [0.3, 0.4) is 0 Å². The quantitative estimate of drug-likeness (QED) is 0.807. The predicted octanol–water partition coefficient (Wildman–Crippen LogP) is 1.35. The minimum Gasteiger partial charge on any atom is -0.397 e. The summed E-state index contributed by atoms with van der Waals surface area (Å²) in [6.45, 7) is 2.94. The summed E-state index contributed by atoms with van der Waals surface area (Å²) < 4.78 is 1.82. The number of anilines is 1. The minimum absolute atomic E-state index is 0.687. The highest BCUT2D eigenvalue weighted by Gasteiger charge is 2.07. The molecule has 0 saturated heterocycles. The van der Waals surface area contributed by atoms with Crippen LogP contribution in [-0.4, -0.2) is 25.2 Å². The van der Waals surface area contributed by atoms with Crippen LogP contribution in [-0.2, 0) is 12.3 Å². The fraction of sp³-hybridized carbons (Fsp3) is 0.400. The number of aromatic nitrogens is 5. The van der Waals surface area contributed by atoms with Gasteiger partial charge < -0.3 is 5.73 Å². The Morgan fingerprint density at radius 1 is 1.47 bits per heavy atom. The average Bonchev–Trinajstić information content (AvgIpc) is 2.76. The molecule has 0 atom stereocenters. The van der Waals surface area contributed by atoms with Gasteiger partial charge in [0.25, 0.3) is 0 Å². The fourth-order valence-electron chi connectivity index (χ4n) is 1.38. The van der Waals surface area contributed by atoms with Crippen LogP contribution in [0.2, 0.25) is 0 Å². The number of nitrogens with zero attached hydrogens (tertiary/aromatic N) is 5. The average molecular weight is 250 g/mol. The van der Waals surface area contributed by atoms with Crippen molar-refractivity contribution < 1.29 is 0 Å². The van der Waals surface area contributed by atoms with Crippen LogP contribution in [0.25, 0.3) is 0 Å². The van der Waals surface area contributed by atoms with Crippen molar-refractivity contribution in [3.63, 3.8) is 0 Å². The van der Waals surface area contributed by atoms with Crippen LogP contribution < -0.4 is 5.73 Å². The van der Waals surface area contributed by atoms with E-state index < -0.39 is 0 Å². The van der Waals surface area contributed by atoms with Gasteiger partial charge in [0.05, 0.1) is 17.6 Å². The lowest BCUT2D eigenvalue weighted by Crippen LogP contribution is -2.04. The zero-order chi connectivity index (χ0) is 12.1. The van der Waals surface area contributed by atoms with Crippen molar-refractivity contribution in [3.05, 3.63) is 24.3 Å². The molecule has 0 saturated carbocycles. The highest BCUT2D eigenvalue weighted by Crippen LogP contribution is 2.26.